The molecular weight excluding hydrogens is 240 g/mol. The molecule has 2 rings (SSSR count). The van der Waals surface area contributed by atoms with Gasteiger partial charge in [0.05, 0.1) is 13.0 Å². The van der Waals surface area contributed by atoms with Crippen LogP contribution in [0.3, 0.4) is 0 Å². The molecule has 0 atom stereocenters. The van der Waals surface area contributed by atoms with Crippen LogP contribution in [0.1, 0.15) is 31.7 Å². The number of nitrogen functional groups attached to an aromatic ring is 1. The van der Waals surface area contributed by atoms with Crippen molar-refractivity contribution in [1.29, 1.82) is 0 Å². The smallest absolute Gasteiger partial charge is 0.225 e. The lowest BCUT2D eigenvalue weighted by atomic mass is 10.2. The summed E-state index contributed by atoms with van der Waals surface area (Å²) in [6, 6.07) is 8.16. The molecule has 0 heterocycles. The first-order valence-electron chi connectivity index (χ1n) is 6.92. The molecule has 0 bridgehead atoms. The molecule has 0 spiro atoms. The number of nitrogens with zero attached hydrogens (tertiary/aromatic N) is 1. The molecule has 1 fully saturated rings. The van der Waals surface area contributed by atoms with Crippen molar-refractivity contribution in [3.05, 3.63) is 29.8 Å². The van der Waals surface area contributed by atoms with Gasteiger partial charge in [-0.05, 0) is 37.5 Å². The standard InChI is InChI=1S/C15H22N2O2/c1-2-19-9-8-15(18)17(14-6-7-14)11-12-4-3-5-13(16)10-12/h3-5,10,14H,2,6-9,11,16H2,1H3. The minimum atomic E-state index is 0.179. The van der Waals surface area contributed by atoms with E-state index in [2.05, 4.69) is 0 Å². The molecule has 1 aliphatic carbocycles. The lowest BCUT2D eigenvalue weighted by molar-refractivity contribution is -0.133. The fourth-order valence-electron chi connectivity index (χ4n) is 2.14. The van der Waals surface area contributed by atoms with E-state index in [0.29, 0.717) is 32.2 Å². The van der Waals surface area contributed by atoms with Crippen molar-refractivity contribution in [3.63, 3.8) is 0 Å². The average Bonchev–Trinajstić information content (AvgIpc) is 3.20. The van der Waals surface area contributed by atoms with Crippen LogP contribution in [0.4, 0.5) is 5.69 Å². The van der Waals surface area contributed by atoms with Gasteiger partial charge in [0.25, 0.3) is 0 Å². The van der Waals surface area contributed by atoms with E-state index in [-0.39, 0.29) is 5.91 Å². The molecule has 1 aromatic carbocycles. The van der Waals surface area contributed by atoms with Gasteiger partial charge in [-0.25, -0.2) is 0 Å². The molecule has 0 saturated heterocycles. The SMILES string of the molecule is CCOCCC(=O)N(Cc1cccc(N)c1)C1CC1. The number of carbonyl (C=O) groups excluding carboxylic acids is 1. The van der Waals surface area contributed by atoms with Crippen LogP contribution in [0.2, 0.25) is 0 Å². The highest BCUT2D eigenvalue weighted by atomic mass is 16.5. The highest BCUT2D eigenvalue weighted by Gasteiger charge is 2.32. The van der Waals surface area contributed by atoms with Crippen molar-refractivity contribution < 1.29 is 9.53 Å². The summed E-state index contributed by atoms with van der Waals surface area (Å²) in [6.07, 6.45) is 2.69. The van der Waals surface area contributed by atoms with Crippen molar-refractivity contribution in [1.82, 2.24) is 4.90 Å². The molecule has 4 nitrogen and oxygen atoms in total. The van der Waals surface area contributed by atoms with Crippen LogP contribution in [0.15, 0.2) is 24.3 Å². The molecule has 104 valence electrons. The monoisotopic (exact) mass is 262 g/mol. The summed E-state index contributed by atoms with van der Waals surface area (Å²) in [6.45, 7) is 3.76. The van der Waals surface area contributed by atoms with E-state index in [4.69, 9.17) is 10.5 Å². The van der Waals surface area contributed by atoms with Crippen molar-refractivity contribution in [3.8, 4) is 0 Å². The highest BCUT2D eigenvalue weighted by molar-refractivity contribution is 5.77. The van der Waals surface area contributed by atoms with Crippen LogP contribution in [-0.2, 0) is 16.1 Å². The third kappa shape index (κ3) is 4.24. The molecule has 1 saturated carbocycles. The van der Waals surface area contributed by atoms with E-state index < -0.39 is 0 Å². The van der Waals surface area contributed by atoms with E-state index in [0.717, 1.165) is 24.1 Å². The maximum Gasteiger partial charge on any atom is 0.225 e. The molecule has 4 heteroatoms. The van der Waals surface area contributed by atoms with E-state index in [1.54, 1.807) is 0 Å². The Morgan fingerprint density at radius 3 is 2.89 bits per heavy atom. The van der Waals surface area contributed by atoms with Crippen molar-refractivity contribution in [2.75, 3.05) is 18.9 Å². The zero-order valence-corrected chi connectivity index (χ0v) is 11.5. The largest absolute Gasteiger partial charge is 0.399 e. The second-order valence-electron chi connectivity index (χ2n) is 4.94. The van der Waals surface area contributed by atoms with E-state index in [1.165, 1.54) is 0 Å². The zero-order chi connectivity index (χ0) is 13.7. The van der Waals surface area contributed by atoms with Crippen LogP contribution in [0.25, 0.3) is 0 Å². The van der Waals surface area contributed by atoms with Gasteiger partial charge in [0.15, 0.2) is 0 Å². The van der Waals surface area contributed by atoms with E-state index >= 15 is 0 Å². The van der Waals surface area contributed by atoms with Crippen LogP contribution in [0.5, 0.6) is 0 Å². The first kappa shape index (κ1) is 13.9. The minimum Gasteiger partial charge on any atom is -0.399 e. The van der Waals surface area contributed by atoms with Gasteiger partial charge in [-0.2, -0.15) is 0 Å². The van der Waals surface area contributed by atoms with Gasteiger partial charge in [0.1, 0.15) is 0 Å². The fraction of sp³-hybridized carbons (Fsp3) is 0.533. The molecule has 0 unspecified atom stereocenters. The van der Waals surface area contributed by atoms with Gasteiger partial charge in [0.2, 0.25) is 5.91 Å². The summed E-state index contributed by atoms with van der Waals surface area (Å²) >= 11 is 0. The Bertz CT molecular complexity index is 430. The molecule has 0 radical (unpaired) electrons. The Hall–Kier alpha value is -1.55. The Balaban J connectivity index is 1.94. The number of hydrogen-bond acceptors (Lipinski definition) is 3. The second kappa shape index (κ2) is 6.57. The van der Waals surface area contributed by atoms with Crippen molar-refractivity contribution in [2.45, 2.75) is 38.8 Å². The van der Waals surface area contributed by atoms with Crippen LogP contribution < -0.4 is 5.73 Å². The molecule has 1 aromatic rings. The van der Waals surface area contributed by atoms with Gasteiger partial charge in [-0.1, -0.05) is 12.1 Å². The van der Waals surface area contributed by atoms with Crippen LogP contribution >= 0.6 is 0 Å². The van der Waals surface area contributed by atoms with Gasteiger partial charge >= 0.3 is 0 Å². The van der Waals surface area contributed by atoms with Gasteiger partial charge < -0.3 is 15.4 Å². The topological polar surface area (TPSA) is 55.6 Å². The number of nitrogens with two attached hydrogens (primary N) is 1. The summed E-state index contributed by atoms with van der Waals surface area (Å²) < 4.78 is 5.26. The number of ether oxygens (including phenoxy) is 1. The molecule has 1 amide bonds. The zero-order valence-electron chi connectivity index (χ0n) is 11.5. The number of hydrogen-bond donors (Lipinski definition) is 1. The highest BCUT2D eigenvalue weighted by Crippen LogP contribution is 2.29. The summed E-state index contributed by atoms with van der Waals surface area (Å²) in [4.78, 5) is 14.2. The number of anilines is 1. The third-order valence-corrected chi connectivity index (χ3v) is 3.28. The Labute approximate surface area is 114 Å². The first-order chi connectivity index (χ1) is 9.20. The molecule has 19 heavy (non-hydrogen) atoms. The third-order valence-electron chi connectivity index (χ3n) is 3.28. The molecule has 2 N–H and O–H groups in total. The molecule has 0 aliphatic heterocycles. The second-order valence-corrected chi connectivity index (χ2v) is 4.94. The molecular formula is C15H22N2O2. The van der Waals surface area contributed by atoms with E-state index in [9.17, 15) is 4.79 Å². The predicted octanol–water partition coefficient (Wildman–Crippen LogP) is 2.19. The van der Waals surface area contributed by atoms with Gasteiger partial charge in [0, 0.05) is 24.9 Å². The quantitative estimate of drug-likeness (QED) is 0.605. The molecule has 0 aromatic heterocycles. The Morgan fingerprint density at radius 1 is 1.47 bits per heavy atom. The summed E-state index contributed by atoms with van der Waals surface area (Å²) in [7, 11) is 0. The maximum atomic E-state index is 12.2. The van der Waals surface area contributed by atoms with Gasteiger partial charge in [-0.15, -0.1) is 0 Å². The average molecular weight is 262 g/mol. The Kier molecular flexibility index (Phi) is 4.80. The van der Waals surface area contributed by atoms with Crippen molar-refractivity contribution >= 4 is 11.6 Å². The minimum absolute atomic E-state index is 0.179. The van der Waals surface area contributed by atoms with E-state index in [1.807, 2.05) is 36.1 Å². The summed E-state index contributed by atoms with van der Waals surface area (Å²) in [5.41, 5.74) is 7.62. The first-order valence-corrected chi connectivity index (χ1v) is 6.92. The summed E-state index contributed by atoms with van der Waals surface area (Å²) in [5.74, 6) is 0.179. The molecule has 1 aliphatic rings. The Morgan fingerprint density at radius 2 is 2.26 bits per heavy atom. The number of amides is 1. The van der Waals surface area contributed by atoms with Crippen LogP contribution in [-0.4, -0.2) is 30.1 Å². The lowest BCUT2D eigenvalue weighted by Gasteiger charge is -2.22. The fourth-order valence-corrected chi connectivity index (χ4v) is 2.14. The lowest BCUT2D eigenvalue weighted by Crippen LogP contribution is -2.33. The maximum absolute atomic E-state index is 12.2. The number of benzene rings is 1. The predicted molar refractivity (Wildman–Crippen MR) is 75.5 cm³/mol. The summed E-state index contributed by atoms with van der Waals surface area (Å²) in [5, 5.41) is 0. The number of rotatable bonds is 7. The van der Waals surface area contributed by atoms with Crippen LogP contribution in [0, 0.1) is 0 Å². The number of carbonyl (C=O) groups is 1. The van der Waals surface area contributed by atoms with Gasteiger partial charge in [-0.3, -0.25) is 4.79 Å². The van der Waals surface area contributed by atoms with Crippen molar-refractivity contribution in [2.24, 2.45) is 0 Å². The normalized spacial score (nSPS) is 14.4.